The van der Waals surface area contributed by atoms with Crippen molar-refractivity contribution in [2.45, 2.75) is 32.1 Å². The van der Waals surface area contributed by atoms with Gasteiger partial charge < -0.3 is 5.32 Å². The van der Waals surface area contributed by atoms with Gasteiger partial charge in [-0.05, 0) is 55.7 Å². The predicted molar refractivity (Wildman–Crippen MR) is 113 cm³/mol. The van der Waals surface area contributed by atoms with E-state index in [9.17, 15) is 13.2 Å². The van der Waals surface area contributed by atoms with E-state index in [1.807, 2.05) is 20.8 Å². The highest BCUT2D eigenvalue weighted by Gasteiger charge is 2.19. The van der Waals surface area contributed by atoms with Crippen LogP contribution in [0.15, 0.2) is 35.2 Å². The van der Waals surface area contributed by atoms with Crippen molar-refractivity contribution < 1.29 is 13.2 Å². The summed E-state index contributed by atoms with van der Waals surface area (Å²) in [6.45, 7) is 6.05. The summed E-state index contributed by atoms with van der Waals surface area (Å²) in [5.41, 5.74) is 5.03. The van der Waals surface area contributed by atoms with Gasteiger partial charge in [-0.15, -0.1) is 0 Å². The number of amides is 1. The van der Waals surface area contributed by atoms with Crippen molar-refractivity contribution in [2.75, 3.05) is 19.4 Å². The SMILES string of the molecule is Cc1cc(C)c(CC(=O)Nc2nc3ccc(S(=O)(=O)N(C)C)cc3s2)c(C)c1. The Bertz CT molecular complexity index is 1140. The maximum absolute atomic E-state index is 12.5. The van der Waals surface area contributed by atoms with E-state index in [-0.39, 0.29) is 17.2 Å². The minimum atomic E-state index is -3.51. The number of hydrogen-bond acceptors (Lipinski definition) is 5. The minimum Gasteiger partial charge on any atom is -0.302 e. The van der Waals surface area contributed by atoms with Crippen LogP contribution in [0.2, 0.25) is 0 Å². The number of benzene rings is 2. The number of nitrogens with one attached hydrogen (secondary N) is 1. The molecule has 3 aromatic rings. The molecule has 0 bridgehead atoms. The highest BCUT2D eigenvalue weighted by atomic mass is 32.2. The molecule has 1 aromatic heterocycles. The van der Waals surface area contributed by atoms with Gasteiger partial charge >= 0.3 is 0 Å². The van der Waals surface area contributed by atoms with Crippen molar-refractivity contribution in [3.63, 3.8) is 0 Å². The van der Waals surface area contributed by atoms with Crippen LogP contribution in [-0.2, 0) is 21.2 Å². The lowest BCUT2D eigenvalue weighted by Crippen LogP contribution is -2.22. The Morgan fingerprint density at radius 1 is 1.11 bits per heavy atom. The summed E-state index contributed by atoms with van der Waals surface area (Å²) in [5, 5.41) is 3.30. The zero-order valence-corrected chi connectivity index (χ0v) is 18.2. The fourth-order valence-corrected chi connectivity index (χ4v) is 5.07. The van der Waals surface area contributed by atoms with E-state index in [4.69, 9.17) is 0 Å². The van der Waals surface area contributed by atoms with Crippen molar-refractivity contribution >= 4 is 42.6 Å². The first kappa shape index (κ1) is 20.4. The lowest BCUT2D eigenvalue weighted by atomic mass is 9.97. The average Bonchev–Trinajstić information content (AvgIpc) is 2.99. The summed E-state index contributed by atoms with van der Waals surface area (Å²) < 4.78 is 26.5. The van der Waals surface area contributed by atoms with Gasteiger partial charge in [-0.2, -0.15) is 0 Å². The average molecular weight is 418 g/mol. The van der Waals surface area contributed by atoms with Crippen LogP contribution >= 0.6 is 11.3 Å². The molecule has 3 rings (SSSR count). The number of thiazole rings is 1. The van der Waals surface area contributed by atoms with Crippen LogP contribution in [-0.4, -0.2) is 37.7 Å². The molecule has 8 heteroatoms. The smallest absolute Gasteiger partial charge is 0.242 e. The third kappa shape index (κ3) is 4.09. The highest BCUT2D eigenvalue weighted by Crippen LogP contribution is 2.29. The number of rotatable bonds is 5. The molecule has 0 saturated carbocycles. The van der Waals surface area contributed by atoms with Gasteiger partial charge in [0.15, 0.2) is 5.13 Å². The fourth-order valence-electron chi connectivity index (χ4n) is 3.14. The van der Waals surface area contributed by atoms with Gasteiger partial charge in [0.2, 0.25) is 15.9 Å². The summed E-state index contributed by atoms with van der Waals surface area (Å²) in [5.74, 6) is -0.143. The predicted octanol–water partition coefficient (Wildman–Crippen LogP) is 3.65. The molecule has 0 aliphatic rings. The normalized spacial score (nSPS) is 11.9. The Hall–Kier alpha value is -2.29. The third-order valence-electron chi connectivity index (χ3n) is 4.56. The molecule has 1 N–H and O–H groups in total. The Labute approximate surface area is 169 Å². The van der Waals surface area contributed by atoms with E-state index in [2.05, 4.69) is 22.4 Å². The standard InChI is InChI=1S/C20H23N3O3S2/c1-12-8-13(2)16(14(3)9-12)11-19(24)22-20-21-17-7-6-15(10-18(17)27-20)28(25,26)23(4)5/h6-10H,11H2,1-5H3,(H,21,22,24). The van der Waals surface area contributed by atoms with Crippen molar-refractivity contribution in [3.8, 4) is 0 Å². The third-order valence-corrected chi connectivity index (χ3v) is 7.31. The number of sulfonamides is 1. The molecule has 0 aliphatic heterocycles. The Balaban J connectivity index is 1.82. The summed E-state index contributed by atoms with van der Waals surface area (Å²) >= 11 is 1.26. The fraction of sp³-hybridized carbons (Fsp3) is 0.300. The van der Waals surface area contributed by atoms with Crippen LogP contribution in [0.25, 0.3) is 10.2 Å². The largest absolute Gasteiger partial charge is 0.302 e. The van der Waals surface area contributed by atoms with Crippen LogP contribution in [0.1, 0.15) is 22.3 Å². The summed E-state index contributed by atoms with van der Waals surface area (Å²) in [6.07, 6.45) is 0.272. The van der Waals surface area contributed by atoms with Crippen LogP contribution in [0.3, 0.4) is 0 Å². The zero-order valence-electron chi connectivity index (χ0n) is 16.5. The molecular weight excluding hydrogens is 394 g/mol. The lowest BCUT2D eigenvalue weighted by Gasteiger charge is -2.10. The Morgan fingerprint density at radius 2 is 1.75 bits per heavy atom. The maximum atomic E-state index is 12.5. The second-order valence-corrected chi connectivity index (χ2v) is 10.2. The molecule has 0 unspecified atom stereocenters. The molecule has 2 aromatic carbocycles. The molecule has 148 valence electrons. The van der Waals surface area contributed by atoms with Gasteiger partial charge in [0, 0.05) is 14.1 Å². The van der Waals surface area contributed by atoms with Gasteiger partial charge in [0.05, 0.1) is 21.5 Å². The van der Waals surface area contributed by atoms with Gasteiger partial charge in [0.1, 0.15) is 0 Å². The number of fused-ring (bicyclic) bond motifs is 1. The van der Waals surface area contributed by atoms with E-state index >= 15 is 0 Å². The van der Waals surface area contributed by atoms with E-state index in [1.54, 1.807) is 12.1 Å². The maximum Gasteiger partial charge on any atom is 0.242 e. The van der Waals surface area contributed by atoms with Gasteiger partial charge in [-0.25, -0.2) is 17.7 Å². The van der Waals surface area contributed by atoms with Crippen molar-refractivity contribution in [1.82, 2.24) is 9.29 Å². The first-order valence-electron chi connectivity index (χ1n) is 8.77. The number of anilines is 1. The zero-order chi connectivity index (χ0) is 20.6. The minimum absolute atomic E-state index is 0.143. The number of aryl methyl sites for hydroxylation is 3. The molecule has 0 saturated heterocycles. The number of carbonyl (C=O) groups excluding carboxylic acids is 1. The van der Waals surface area contributed by atoms with Crippen LogP contribution in [0.4, 0.5) is 5.13 Å². The van der Waals surface area contributed by atoms with Crippen molar-refractivity contribution in [3.05, 3.63) is 52.6 Å². The van der Waals surface area contributed by atoms with Crippen LogP contribution in [0, 0.1) is 20.8 Å². The molecule has 0 atom stereocenters. The molecule has 6 nitrogen and oxygen atoms in total. The first-order chi connectivity index (χ1) is 13.1. The lowest BCUT2D eigenvalue weighted by molar-refractivity contribution is -0.115. The highest BCUT2D eigenvalue weighted by molar-refractivity contribution is 7.89. The van der Waals surface area contributed by atoms with E-state index < -0.39 is 10.0 Å². The van der Waals surface area contributed by atoms with E-state index in [0.717, 1.165) is 16.7 Å². The van der Waals surface area contributed by atoms with Crippen LogP contribution < -0.4 is 5.32 Å². The molecule has 0 aliphatic carbocycles. The molecule has 0 fully saturated rings. The monoisotopic (exact) mass is 417 g/mol. The summed E-state index contributed by atoms with van der Waals surface area (Å²) in [4.78, 5) is 17.1. The van der Waals surface area contributed by atoms with Gasteiger partial charge in [-0.3, -0.25) is 4.79 Å². The molecule has 0 radical (unpaired) electrons. The van der Waals surface area contributed by atoms with Crippen molar-refractivity contribution in [2.24, 2.45) is 0 Å². The molecule has 1 amide bonds. The second kappa shape index (κ2) is 7.62. The quantitative estimate of drug-likeness (QED) is 0.687. The number of nitrogens with zero attached hydrogens (tertiary/aromatic N) is 2. The molecule has 28 heavy (non-hydrogen) atoms. The second-order valence-electron chi connectivity index (χ2n) is 7.04. The summed E-state index contributed by atoms with van der Waals surface area (Å²) in [6, 6.07) is 8.92. The summed E-state index contributed by atoms with van der Waals surface area (Å²) in [7, 11) is -0.525. The van der Waals surface area contributed by atoms with Crippen molar-refractivity contribution in [1.29, 1.82) is 0 Å². The number of aromatic nitrogens is 1. The van der Waals surface area contributed by atoms with Gasteiger partial charge in [0.25, 0.3) is 0 Å². The first-order valence-corrected chi connectivity index (χ1v) is 11.0. The van der Waals surface area contributed by atoms with E-state index in [1.165, 1.54) is 41.4 Å². The molecular formula is C20H23N3O3S2. The molecule has 1 heterocycles. The molecule has 0 spiro atoms. The number of hydrogen-bond donors (Lipinski definition) is 1. The Morgan fingerprint density at radius 3 is 2.36 bits per heavy atom. The van der Waals surface area contributed by atoms with Crippen LogP contribution in [0.5, 0.6) is 0 Å². The topological polar surface area (TPSA) is 79.4 Å². The number of carbonyl (C=O) groups is 1. The Kier molecular flexibility index (Phi) is 5.56. The van der Waals surface area contributed by atoms with E-state index in [0.29, 0.717) is 15.3 Å². The van der Waals surface area contributed by atoms with Gasteiger partial charge in [-0.1, -0.05) is 29.0 Å².